The highest BCUT2D eigenvalue weighted by molar-refractivity contribution is 6.01. The molecule has 0 unspecified atom stereocenters. The molecular weight excluding hydrogens is 416 g/mol. The van der Waals surface area contributed by atoms with E-state index in [1.54, 1.807) is 30.1 Å². The van der Waals surface area contributed by atoms with Crippen LogP contribution in [0.1, 0.15) is 15.9 Å². The summed E-state index contributed by atoms with van der Waals surface area (Å²) in [6, 6.07) is 26.2. The van der Waals surface area contributed by atoms with Gasteiger partial charge in [0, 0.05) is 17.8 Å². The Labute approximate surface area is 191 Å². The van der Waals surface area contributed by atoms with Crippen molar-refractivity contribution in [2.75, 3.05) is 7.11 Å². The monoisotopic (exact) mass is 438 g/mol. The molecule has 0 aliphatic rings. The van der Waals surface area contributed by atoms with Gasteiger partial charge in [-0.1, -0.05) is 60.7 Å². The quantitative estimate of drug-likeness (QED) is 0.352. The van der Waals surface area contributed by atoms with Crippen LogP contribution in [-0.4, -0.2) is 28.7 Å². The molecule has 0 aliphatic carbocycles. The van der Waals surface area contributed by atoms with Crippen molar-refractivity contribution in [1.29, 1.82) is 0 Å². The third kappa shape index (κ3) is 5.34. The average Bonchev–Trinajstić information content (AvgIpc) is 3.33. The molecule has 1 heterocycles. The lowest BCUT2D eigenvalue weighted by atomic mass is 10.1. The highest BCUT2D eigenvalue weighted by atomic mass is 16.5. The van der Waals surface area contributed by atoms with Gasteiger partial charge in [-0.15, -0.1) is 0 Å². The number of methoxy groups -OCH3 is 1. The molecule has 0 saturated heterocycles. The second-order valence-electron chi connectivity index (χ2n) is 7.09. The van der Waals surface area contributed by atoms with Gasteiger partial charge in [-0.3, -0.25) is 20.4 Å². The minimum atomic E-state index is -0.473. The van der Waals surface area contributed by atoms with Crippen LogP contribution in [-0.2, 0) is 4.79 Å². The molecule has 0 spiro atoms. The zero-order chi connectivity index (χ0) is 23.0. The van der Waals surface area contributed by atoms with E-state index in [4.69, 9.17) is 4.74 Å². The molecule has 2 N–H and O–H groups in total. The molecule has 2 amide bonds. The smallest absolute Gasteiger partial charge is 0.273 e. The maximum atomic E-state index is 12.9. The molecule has 4 aromatic rings. The summed E-state index contributed by atoms with van der Waals surface area (Å²) in [4.78, 5) is 25.1. The Bertz CT molecular complexity index is 1280. The van der Waals surface area contributed by atoms with Crippen molar-refractivity contribution in [3.8, 4) is 22.7 Å². The van der Waals surface area contributed by atoms with Gasteiger partial charge in [0.05, 0.1) is 18.4 Å². The number of hydrazine groups is 1. The number of aromatic nitrogens is 2. The van der Waals surface area contributed by atoms with Gasteiger partial charge in [-0.05, 0) is 35.9 Å². The molecule has 0 saturated carbocycles. The minimum absolute atomic E-state index is 0.335. The Morgan fingerprint density at radius 2 is 1.64 bits per heavy atom. The summed E-state index contributed by atoms with van der Waals surface area (Å²) in [6.45, 7) is 0. The average molecular weight is 438 g/mol. The van der Waals surface area contributed by atoms with Crippen molar-refractivity contribution >= 4 is 17.9 Å². The largest absolute Gasteiger partial charge is 0.497 e. The van der Waals surface area contributed by atoms with E-state index >= 15 is 0 Å². The number of hydrogen-bond donors (Lipinski definition) is 2. The lowest BCUT2D eigenvalue weighted by Crippen LogP contribution is -2.40. The molecule has 4 rings (SSSR count). The summed E-state index contributed by atoms with van der Waals surface area (Å²) in [6.07, 6.45) is 4.61. The second kappa shape index (κ2) is 10.1. The predicted octanol–water partition coefficient (Wildman–Crippen LogP) is 4.02. The van der Waals surface area contributed by atoms with Gasteiger partial charge < -0.3 is 4.74 Å². The van der Waals surface area contributed by atoms with Gasteiger partial charge >= 0.3 is 0 Å². The summed E-state index contributed by atoms with van der Waals surface area (Å²) in [5.41, 5.74) is 8.14. The van der Waals surface area contributed by atoms with Crippen LogP contribution in [0.15, 0.2) is 97.2 Å². The molecular formula is C26H22N4O3. The number of carbonyl (C=O) groups is 2. The first-order valence-corrected chi connectivity index (χ1v) is 10.3. The fraction of sp³-hybridized carbons (Fsp3) is 0.0385. The van der Waals surface area contributed by atoms with Gasteiger partial charge in [0.25, 0.3) is 11.8 Å². The molecule has 0 fully saturated rings. The predicted molar refractivity (Wildman–Crippen MR) is 127 cm³/mol. The summed E-state index contributed by atoms with van der Waals surface area (Å²) >= 11 is 0. The number of amides is 2. The molecule has 0 aliphatic heterocycles. The minimum Gasteiger partial charge on any atom is -0.497 e. The molecule has 7 nitrogen and oxygen atoms in total. The van der Waals surface area contributed by atoms with E-state index in [0.717, 1.165) is 16.8 Å². The van der Waals surface area contributed by atoms with Crippen LogP contribution in [0, 0.1) is 0 Å². The number of rotatable bonds is 6. The number of nitrogens with zero attached hydrogens (tertiary/aromatic N) is 2. The van der Waals surface area contributed by atoms with Crippen molar-refractivity contribution in [3.05, 3.63) is 108 Å². The Hall–Kier alpha value is -4.65. The zero-order valence-electron chi connectivity index (χ0n) is 17.9. The van der Waals surface area contributed by atoms with Gasteiger partial charge in [0.2, 0.25) is 0 Å². The molecule has 0 bridgehead atoms. The molecule has 3 aromatic carbocycles. The lowest BCUT2D eigenvalue weighted by Gasteiger charge is -2.05. The maximum absolute atomic E-state index is 12.9. The Kier molecular flexibility index (Phi) is 6.61. The number of hydrogen-bond acceptors (Lipinski definition) is 4. The van der Waals surface area contributed by atoms with Crippen molar-refractivity contribution in [3.63, 3.8) is 0 Å². The molecule has 0 radical (unpaired) electrons. The molecule has 7 heteroatoms. The SMILES string of the molecule is COc1cccc(/C=C/C(=O)NNC(=O)c2cn(-c3ccccc3)nc2-c2ccccc2)c1. The van der Waals surface area contributed by atoms with Crippen LogP contribution in [0.2, 0.25) is 0 Å². The first kappa shape index (κ1) is 21.6. The highest BCUT2D eigenvalue weighted by Crippen LogP contribution is 2.23. The van der Waals surface area contributed by atoms with E-state index in [1.165, 1.54) is 6.08 Å². The molecule has 1 aromatic heterocycles. The van der Waals surface area contributed by atoms with Crippen LogP contribution in [0.25, 0.3) is 23.0 Å². The summed E-state index contributed by atoms with van der Waals surface area (Å²) in [5.74, 6) is -0.253. The van der Waals surface area contributed by atoms with Crippen LogP contribution >= 0.6 is 0 Å². The second-order valence-corrected chi connectivity index (χ2v) is 7.09. The van der Waals surface area contributed by atoms with Gasteiger partial charge in [0.15, 0.2) is 0 Å². The van der Waals surface area contributed by atoms with E-state index < -0.39 is 11.8 Å². The number of nitrogens with one attached hydrogen (secondary N) is 2. The number of carbonyl (C=O) groups excluding carboxylic acids is 2. The van der Waals surface area contributed by atoms with E-state index in [-0.39, 0.29) is 0 Å². The molecule has 33 heavy (non-hydrogen) atoms. The van der Waals surface area contributed by atoms with Gasteiger partial charge in [-0.2, -0.15) is 5.10 Å². The molecule has 0 atom stereocenters. The normalized spacial score (nSPS) is 10.7. The number of benzene rings is 3. The van der Waals surface area contributed by atoms with Gasteiger partial charge in [-0.25, -0.2) is 4.68 Å². The van der Waals surface area contributed by atoms with E-state index in [1.807, 2.05) is 78.9 Å². The first-order chi connectivity index (χ1) is 16.1. The lowest BCUT2D eigenvalue weighted by molar-refractivity contribution is -0.117. The van der Waals surface area contributed by atoms with Crippen molar-refractivity contribution in [2.45, 2.75) is 0 Å². The van der Waals surface area contributed by atoms with E-state index in [0.29, 0.717) is 17.0 Å². The van der Waals surface area contributed by atoms with Gasteiger partial charge in [0.1, 0.15) is 11.4 Å². The molecule has 164 valence electrons. The topological polar surface area (TPSA) is 85.3 Å². The summed E-state index contributed by atoms with van der Waals surface area (Å²) in [7, 11) is 1.58. The van der Waals surface area contributed by atoms with E-state index in [2.05, 4.69) is 16.0 Å². The highest BCUT2D eigenvalue weighted by Gasteiger charge is 2.18. The van der Waals surface area contributed by atoms with Crippen molar-refractivity contribution in [1.82, 2.24) is 20.6 Å². The fourth-order valence-corrected chi connectivity index (χ4v) is 3.21. The third-order valence-corrected chi connectivity index (χ3v) is 4.85. The third-order valence-electron chi connectivity index (χ3n) is 4.85. The Balaban J connectivity index is 1.50. The number of para-hydroxylation sites is 1. The summed E-state index contributed by atoms with van der Waals surface area (Å²) < 4.78 is 6.81. The van der Waals surface area contributed by atoms with Crippen LogP contribution in [0.5, 0.6) is 5.75 Å². The van der Waals surface area contributed by atoms with Crippen LogP contribution in [0.3, 0.4) is 0 Å². The first-order valence-electron chi connectivity index (χ1n) is 10.3. The Morgan fingerprint density at radius 1 is 0.909 bits per heavy atom. The van der Waals surface area contributed by atoms with Crippen molar-refractivity contribution < 1.29 is 14.3 Å². The van der Waals surface area contributed by atoms with E-state index in [9.17, 15) is 9.59 Å². The summed E-state index contributed by atoms with van der Waals surface area (Å²) in [5, 5.41) is 4.61. The fourth-order valence-electron chi connectivity index (χ4n) is 3.21. The standard InChI is InChI=1S/C26H22N4O3/c1-33-22-14-8-9-19(17-22)15-16-24(31)27-28-26(32)23-18-30(21-12-6-3-7-13-21)29-25(23)20-10-4-2-5-11-20/h2-18H,1H3,(H,27,31)(H,28,32)/b16-15+. The van der Waals surface area contributed by atoms with Crippen LogP contribution < -0.4 is 15.6 Å². The van der Waals surface area contributed by atoms with Crippen LogP contribution in [0.4, 0.5) is 0 Å². The zero-order valence-corrected chi connectivity index (χ0v) is 17.9. The maximum Gasteiger partial charge on any atom is 0.273 e. The Morgan fingerprint density at radius 3 is 2.36 bits per heavy atom. The van der Waals surface area contributed by atoms with Crippen molar-refractivity contribution in [2.24, 2.45) is 0 Å². The number of ether oxygens (including phenoxy) is 1.